The smallest absolute Gasteiger partial charge is 0.317 e. The van der Waals surface area contributed by atoms with Gasteiger partial charge in [-0.25, -0.2) is 0 Å². The summed E-state index contributed by atoms with van der Waals surface area (Å²) < 4.78 is 1.55. The fourth-order valence-corrected chi connectivity index (χ4v) is 4.99. The number of aromatic nitrogens is 4. The van der Waals surface area contributed by atoms with Crippen molar-refractivity contribution >= 4 is 46.7 Å². The first-order valence-electron chi connectivity index (χ1n) is 12.1. The molecule has 1 aliphatic rings. The van der Waals surface area contributed by atoms with Gasteiger partial charge in [0.15, 0.2) is 0 Å². The van der Waals surface area contributed by atoms with Gasteiger partial charge >= 0.3 is 5.97 Å². The summed E-state index contributed by atoms with van der Waals surface area (Å²) in [6.07, 6.45) is 2.55. The maximum Gasteiger partial charge on any atom is 0.317 e. The molecular formula is C27H27Cl2N5O3S. The quantitative estimate of drug-likeness (QED) is 0.249. The van der Waals surface area contributed by atoms with Gasteiger partial charge in [0.25, 0.3) is 0 Å². The van der Waals surface area contributed by atoms with Crippen LogP contribution < -0.4 is 5.32 Å². The third-order valence-electron chi connectivity index (χ3n) is 5.88. The normalized spacial score (nSPS) is 13.2. The van der Waals surface area contributed by atoms with Gasteiger partial charge in [0.2, 0.25) is 5.16 Å². The van der Waals surface area contributed by atoms with Crippen LogP contribution in [0.2, 0.25) is 10.0 Å². The molecule has 0 radical (unpaired) electrons. The second-order valence-electron chi connectivity index (χ2n) is 9.80. The minimum atomic E-state index is -0.912. The van der Waals surface area contributed by atoms with Crippen LogP contribution in [0.4, 0.5) is 0 Å². The highest BCUT2D eigenvalue weighted by atomic mass is 35.5. The highest BCUT2D eigenvalue weighted by Crippen LogP contribution is 2.41. The number of hydrogen-bond donors (Lipinski definition) is 2. The maximum atomic E-state index is 12.7. The minimum Gasteiger partial charge on any atom is -0.480 e. The summed E-state index contributed by atoms with van der Waals surface area (Å²) in [4.78, 5) is 23.4. The molecule has 3 aromatic rings. The van der Waals surface area contributed by atoms with Gasteiger partial charge in [-0.05, 0) is 78.4 Å². The molecule has 0 unspecified atom stereocenters. The molecule has 0 spiro atoms. The van der Waals surface area contributed by atoms with Crippen LogP contribution in [-0.2, 0) is 16.0 Å². The van der Waals surface area contributed by atoms with Crippen LogP contribution in [0.1, 0.15) is 49.3 Å². The monoisotopic (exact) mass is 571 g/mol. The number of nitrogens with one attached hydrogen (secondary N) is 1. The number of tetrazole rings is 1. The van der Waals surface area contributed by atoms with Crippen LogP contribution in [-0.4, -0.2) is 55.9 Å². The number of aliphatic carboxylic acids is 1. The second-order valence-corrected chi connectivity index (χ2v) is 11.6. The zero-order chi connectivity index (χ0) is 27.3. The Morgan fingerprint density at radius 1 is 1.18 bits per heavy atom. The van der Waals surface area contributed by atoms with Crippen LogP contribution in [0, 0.1) is 17.3 Å². The Labute approximate surface area is 235 Å². The van der Waals surface area contributed by atoms with Crippen molar-refractivity contribution in [3.8, 4) is 17.5 Å². The number of Topliss-reactive ketones (excluding diaryl/α,β-unsaturated/α-hetero) is 1. The molecule has 1 heterocycles. The predicted molar refractivity (Wildman–Crippen MR) is 148 cm³/mol. The summed E-state index contributed by atoms with van der Waals surface area (Å²) in [5.41, 5.74) is 2.91. The van der Waals surface area contributed by atoms with E-state index in [-0.39, 0.29) is 24.5 Å². The van der Waals surface area contributed by atoms with E-state index in [9.17, 15) is 9.59 Å². The van der Waals surface area contributed by atoms with Gasteiger partial charge in [-0.3, -0.25) is 9.59 Å². The highest BCUT2D eigenvalue weighted by Gasteiger charge is 2.24. The standard InChI is InChI=1S/C27H27Cl2N5O3S/c1-27(2,16-30-14-25(36)37)10-9-17-3-4-20(22(28)11-17)12-21(35)15-38-26-31-32-33-34(26)24-8-7-19(13-23(24)29)18-5-6-18/h3-4,7-8,11,13,18,30H,5-6,12,14-16H2,1-2H3,(H,36,37). The molecule has 2 aromatic carbocycles. The average Bonchev–Trinajstić information content (AvgIpc) is 3.61. The molecule has 1 aliphatic carbocycles. The van der Waals surface area contributed by atoms with Crippen LogP contribution in [0.3, 0.4) is 0 Å². The van der Waals surface area contributed by atoms with Gasteiger partial charge in [-0.15, -0.1) is 5.10 Å². The van der Waals surface area contributed by atoms with Gasteiger partial charge in [0.05, 0.1) is 23.0 Å². The average molecular weight is 573 g/mol. The van der Waals surface area contributed by atoms with Gasteiger partial charge in [0.1, 0.15) is 5.78 Å². The van der Waals surface area contributed by atoms with E-state index in [4.69, 9.17) is 28.3 Å². The lowest BCUT2D eigenvalue weighted by molar-refractivity contribution is -0.136. The van der Waals surface area contributed by atoms with E-state index in [2.05, 4.69) is 32.7 Å². The number of carboxylic acids is 1. The summed E-state index contributed by atoms with van der Waals surface area (Å²) in [6.45, 7) is 4.17. The minimum absolute atomic E-state index is 0.0221. The van der Waals surface area contributed by atoms with Crippen molar-refractivity contribution < 1.29 is 14.7 Å². The van der Waals surface area contributed by atoms with Gasteiger partial charge in [0, 0.05) is 29.0 Å². The highest BCUT2D eigenvalue weighted by molar-refractivity contribution is 7.99. The Kier molecular flexibility index (Phi) is 9.11. The number of carboxylic acid groups (broad SMARTS) is 1. The zero-order valence-electron chi connectivity index (χ0n) is 21.0. The lowest BCUT2D eigenvalue weighted by Crippen LogP contribution is -2.32. The summed E-state index contributed by atoms with van der Waals surface area (Å²) in [7, 11) is 0. The zero-order valence-corrected chi connectivity index (χ0v) is 23.3. The van der Waals surface area contributed by atoms with Gasteiger partial charge < -0.3 is 10.4 Å². The topological polar surface area (TPSA) is 110 Å². The molecular weight excluding hydrogens is 545 g/mol. The molecule has 0 bridgehead atoms. The summed E-state index contributed by atoms with van der Waals surface area (Å²) in [6, 6.07) is 11.3. The number of hydrogen-bond acceptors (Lipinski definition) is 7. The number of carbonyl (C=O) groups is 2. The molecule has 198 valence electrons. The fourth-order valence-electron chi connectivity index (χ4n) is 3.73. The number of carbonyl (C=O) groups excluding carboxylic acids is 1. The molecule has 8 nitrogen and oxygen atoms in total. The Morgan fingerprint density at radius 2 is 1.97 bits per heavy atom. The van der Waals surface area contributed by atoms with E-state index in [1.165, 1.54) is 30.2 Å². The lowest BCUT2D eigenvalue weighted by atomic mass is 9.94. The van der Waals surface area contributed by atoms with E-state index in [1.807, 2.05) is 38.1 Å². The first-order chi connectivity index (χ1) is 18.1. The summed E-state index contributed by atoms with van der Waals surface area (Å²) in [5.74, 6) is 6.06. The number of rotatable bonds is 11. The number of halogens is 2. The van der Waals surface area contributed by atoms with Crippen LogP contribution in [0.15, 0.2) is 41.6 Å². The van der Waals surface area contributed by atoms with Gasteiger partial charge in [-0.2, -0.15) is 4.68 Å². The summed E-state index contributed by atoms with van der Waals surface area (Å²) >= 11 is 14.2. The van der Waals surface area contributed by atoms with Crippen molar-refractivity contribution in [2.45, 2.75) is 44.2 Å². The molecule has 1 saturated carbocycles. The number of benzene rings is 2. The Morgan fingerprint density at radius 3 is 2.66 bits per heavy atom. The first kappa shape index (κ1) is 28.1. The maximum absolute atomic E-state index is 12.7. The molecule has 0 amide bonds. The van der Waals surface area contributed by atoms with E-state index in [1.54, 1.807) is 16.8 Å². The fraction of sp³-hybridized carbons (Fsp3) is 0.370. The largest absolute Gasteiger partial charge is 0.480 e. The second kappa shape index (κ2) is 12.3. The molecule has 1 aromatic heterocycles. The molecule has 0 saturated heterocycles. The Bertz CT molecular complexity index is 1410. The van der Waals surface area contributed by atoms with Crippen molar-refractivity contribution in [1.82, 2.24) is 25.5 Å². The van der Waals surface area contributed by atoms with Crippen molar-refractivity contribution in [3.05, 3.63) is 63.1 Å². The Hall–Kier alpha value is -2.90. The molecule has 1 fully saturated rings. The molecule has 38 heavy (non-hydrogen) atoms. The van der Waals surface area contributed by atoms with Crippen LogP contribution >= 0.6 is 35.0 Å². The van der Waals surface area contributed by atoms with Crippen molar-refractivity contribution in [3.63, 3.8) is 0 Å². The predicted octanol–water partition coefficient (Wildman–Crippen LogP) is 4.80. The number of ketones is 1. The molecule has 4 rings (SSSR count). The lowest BCUT2D eigenvalue weighted by Gasteiger charge is -2.17. The number of thioether (sulfide) groups is 1. The Balaban J connectivity index is 1.34. The SMILES string of the molecule is CC(C)(C#Cc1ccc(CC(=O)CSc2nnnn2-c2ccc(C3CC3)cc2Cl)c(Cl)c1)CNCC(=O)O. The van der Waals surface area contributed by atoms with E-state index >= 15 is 0 Å². The first-order valence-corrected chi connectivity index (χ1v) is 13.8. The number of nitrogens with zero attached hydrogens (tertiary/aromatic N) is 4. The van der Waals surface area contributed by atoms with Crippen LogP contribution in [0.5, 0.6) is 0 Å². The van der Waals surface area contributed by atoms with Gasteiger partial charge in [-0.1, -0.05) is 58.9 Å². The van der Waals surface area contributed by atoms with E-state index < -0.39 is 11.4 Å². The third-order valence-corrected chi connectivity index (χ3v) is 7.51. The summed E-state index contributed by atoms with van der Waals surface area (Å²) in [5, 5.41) is 25.0. The van der Waals surface area contributed by atoms with Crippen molar-refractivity contribution in [2.75, 3.05) is 18.8 Å². The van der Waals surface area contributed by atoms with Crippen LogP contribution in [0.25, 0.3) is 5.69 Å². The molecule has 2 N–H and O–H groups in total. The van der Waals surface area contributed by atoms with Crippen molar-refractivity contribution in [1.29, 1.82) is 0 Å². The third kappa shape index (κ3) is 7.81. The van der Waals surface area contributed by atoms with E-state index in [0.29, 0.717) is 38.9 Å². The van der Waals surface area contributed by atoms with E-state index in [0.717, 1.165) is 5.56 Å². The molecule has 0 atom stereocenters. The molecule has 11 heteroatoms. The molecule has 0 aliphatic heterocycles. The van der Waals surface area contributed by atoms with Crippen molar-refractivity contribution in [2.24, 2.45) is 5.41 Å².